The normalized spacial score (nSPS) is 11.6. The highest BCUT2D eigenvalue weighted by Gasteiger charge is 2.28. The van der Waals surface area contributed by atoms with Crippen LogP contribution in [0.1, 0.15) is 0 Å². The van der Waals surface area contributed by atoms with Gasteiger partial charge in [0.2, 0.25) is 0 Å². The second kappa shape index (κ2) is 15.9. The van der Waals surface area contributed by atoms with Crippen molar-refractivity contribution in [1.82, 2.24) is 0 Å². The Kier molecular flexibility index (Phi) is 9.92. The van der Waals surface area contributed by atoms with E-state index in [0.717, 1.165) is 38.8 Å². The number of hydrogen-bond donors (Lipinski definition) is 0. The lowest BCUT2D eigenvalue weighted by atomic mass is 9.62. The Morgan fingerprint density at radius 2 is 0.631 bits per heavy atom. The molecule has 0 fully saturated rings. The van der Waals surface area contributed by atoms with E-state index in [4.69, 9.17) is 8.83 Å². The molecule has 0 radical (unpaired) electrons. The standard InChI is InChI=1S/C54H43B8NO2/c55-45-43(35-14-8-18-39-41(35)33-12-4-6-16-37(33)64-39)46(56)50(60)53(49(45)59)63(32-26-24-31(25-27-32)30-22-20-29(21-23-30)28-10-2-1-3-11-28)54-51(61)47(57)44(48(58)52(54)62)36-15-9-19-40-42(36)34-13-5-7-17-38(34)65-40/h1-27H,55-62H2. The highest BCUT2D eigenvalue weighted by molar-refractivity contribution is 6.66. The molecule has 3 nitrogen and oxygen atoms in total. The third kappa shape index (κ3) is 6.46. The van der Waals surface area contributed by atoms with Gasteiger partial charge in [-0.15, -0.1) is 0 Å². The summed E-state index contributed by atoms with van der Waals surface area (Å²) in [6, 6.07) is 58.5. The smallest absolute Gasteiger partial charge is 0.141 e. The number of rotatable bonds is 7. The molecule has 65 heavy (non-hydrogen) atoms. The van der Waals surface area contributed by atoms with Crippen molar-refractivity contribution in [1.29, 1.82) is 0 Å². The average molecular weight is 824 g/mol. The lowest BCUT2D eigenvalue weighted by molar-refractivity contribution is 0.668. The molecule has 11 heteroatoms. The first-order valence-corrected chi connectivity index (χ1v) is 22.7. The molecule has 0 bridgehead atoms. The highest BCUT2D eigenvalue weighted by Crippen LogP contribution is 2.39. The van der Waals surface area contributed by atoms with Crippen LogP contribution < -0.4 is 48.6 Å². The van der Waals surface area contributed by atoms with Crippen LogP contribution in [0.25, 0.3) is 88.4 Å². The topological polar surface area (TPSA) is 29.5 Å². The van der Waals surface area contributed by atoms with Gasteiger partial charge in [-0.3, -0.25) is 0 Å². The number of benzene rings is 9. The molecule has 0 N–H and O–H groups in total. The van der Waals surface area contributed by atoms with Gasteiger partial charge < -0.3 is 13.7 Å². The first kappa shape index (κ1) is 40.7. The minimum absolute atomic E-state index is 0.911. The second-order valence-electron chi connectivity index (χ2n) is 17.8. The summed E-state index contributed by atoms with van der Waals surface area (Å²) in [5.41, 5.74) is 27.0. The maximum atomic E-state index is 6.42. The lowest BCUT2D eigenvalue weighted by Crippen LogP contribution is -2.50. The van der Waals surface area contributed by atoms with Crippen molar-refractivity contribution >= 4 is 167 Å². The predicted molar refractivity (Wildman–Crippen MR) is 303 cm³/mol. The Labute approximate surface area is 387 Å². The summed E-state index contributed by atoms with van der Waals surface area (Å²) in [5, 5.41) is 4.62. The number of para-hydroxylation sites is 2. The number of nitrogens with zero attached hydrogens (tertiary/aromatic N) is 1. The zero-order chi connectivity index (χ0) is 44.7. The van der Waals surface area contributed by atoms with Crippen molar-refractivity contribution in [3.05, 3.63) is 164 Å². The molecule has 0 amide bonds. The minimum Gasteiger partial charge on any atom is -0.456 e. The molecule has 0 saturated heterocycles. The van der Waals surface area contributed by atoms with E-state index in [-0.39, 0.29) is 0 Å². The summed E-state index contributed by atoms with van der Waals surface area (Å²) in [6.07, 6.45) is 0. The fourth-order valence-corrected chi connectivity index (χ4v) is 10.7. The first-order valence-electron chi connectivity index (χ1n) is 22.7. The summed E-state index contributed by atoms with van der Waals surface area (Å²) in [6.45, 7) is 0. The lowest BCUT2D eigenvalue weighted by Gasteiger charge is -2.36. The molecule has 11 rings (SSSR count). The largest absolute Gasteiger partial charge is 0.456 e. The van der Waals surface area contributed by atoms with Gasteiger partial charge in [-0.1, -0.05) is 171 Å². The number of furan rings is 2. The first-order chi connectivity index (χ1) is 31.6. The zero-order valence-electron chi connectivity index (χ0n) is 38.4. The summed E-state index contributed by atoms with van der Waals surface area (Å²) in [7, 11) is 18.5. The molecule has 2 heterocycles. The monoisotopic (exact) mass is 825 g/mol. The molecule has 0 unspecified atom stereocenters. The molecule has 0 aliphatic carbocycles. The van der Waals surface area contributed by atoms with E-state index in [1.54, 1.807) is 0 Å². The molecule has 0 saturated carbocycles. The van der Waals surface area contributed by atoms with Gasteiger partial charge in [0.25, 0.3) is 0 Å². The second-order valence-corrected chi connectivity index (χ2v) is 17.8. The summed E-state index contributed by atoms with van der Waals surface area (Å²) in [5.74, 6) is 0. The molecule has 2 aromatic heterocycles. The number of fused-ring (bicyclic) bond motifs is 6. The Morgan fingerprint density at radius 1 is 0.292 bits per heavy atom. The molecule has 300 valence electrons. The Morgan fingerprint density at radius 3 is 1.05 bits per heavy atom. The molecule has 0 atom stereocenters. The number of hydrogen-bond acceptors (Lipinski definition) is 3. The minimum atomic E-state index is 0.911. The fourth-order valence-electron chi connectivity index (χ4n) is 10.7. The summed E-state index contributed by atoms with van der Waals surface area (Å²) in [4.78, 5) is 2.56. The van der Waals surface area contributed by atoms with Crippen molar-refractivity contribution < 1.29 is 8.83 Å². The SMILES string of the molecule is Bc1c(B)c(N(c2ccc(-c3ccc(-c4ccccc4)cc3)cc2)c2c(B)c(B)c(-c3cccc4oc5ccccc5c34)c(B)c2B)c(B)c(B)c1-c1cccc2oc3ccccc3c12. The number of anilines is 3. The van der Waals surface area contributed by atoms with E-state index in [2.05, 4.69) is 219 Å². The van der Waals surface area contributed by atoms with Gasteiger partial charge in [0.1, 0.15) is 85.1 Å². The van der Waals surface area contributed by atoms with Gasteiger partial charge in [-0.2, -0.15) is 0 Å². The summed E-state index contributed by atoms with van der Waals surface area (Å²) >= 11 is 0. The van der Waals surface area contributed by atoms with Gasteiger partial charge in [0.15, 0.2) is 0 Å². The van der Waals surface area contributed by atoms with Crippen LogP contribution in [0.2, 0.25) is 0 Å². The van der Waals surface area contributed by atoms with Gasteiger partial charge in [-0.05, 0) is 80.9 Å². The van der Waals surface area contributed by atoms with Crippen LogP contribution in [0, 0.1) is 0 Å². The van der Waals surface area contributed by atoms with Crippen LogP contribution >= 0.6 is 0 Å². The van der Waals surface area contributed by atoms with E-state index >= 15 is 0 Å². The van der Waals surface area contributed by atoms with Crippen molar-refractivity contribution in [3.63, 3.8) is 0 Å². The van der Waals surface area contributed by atoms with Crippen LogP contribution in [-0.4, -0.2) is 62.8 Å². The third-order valence-corrected chi connectivity index (χ3v) is 14.4. The van der Waals surface area contributed by atoms with E-state index < -0.39 is 0 Å². The van der Waals surface area contributed by atoms with Crippen LogP contribution in [0.3, 0.4) is 0 Å². The van der Waals surface area contributed by atoms with E-state index in [1.807, 2.05) is 12.1 Å². The van der Waals surface area contributed by atoms with Crippen molar-refractivity contribution in [3.8, 4) is 44.5 Å². The third-order valence-electron chi connectivity index (χ3n) is 14.4. The Bertz CT molecular complexity index is 3450. The van der Waals surface area contributed by atoms with Crippen LogP contribution in [0.5, 0.6) is 0 Å². The molecule has 11 aromatic rings. The van der Waals surface area contributed by atoms with Crippen LogP contribution in [0.15, 0.2) is 173 Å². The highest BCUT2D eigenvalue weighted by atomic mass is 16.3. The van der Waals surface area contributed by atoms with E-state index in [9.17, 15) is 0 Å². The molecular formula is C54H43B8NO2. The van der Waals surface area contributed by atoms with Gasteiger partial charge in [0.05, 0.1) is 0 Å². The Hall–Kier alpha value is -7.10. The van der Waals surface area contributed by atoms with E-state index in [0.29, 0.717) is 0 Å². The van der Waals surface area contributed by atoms with Gasteiger partial charge >= 0.3 is 0 Å². The fraction of sp³-hybridized carbons (Fsp3) is 0. The van der Waals surface area contributed by atoms with Crippen molar-refractivity contribution in [2.24, 2.45) is 0 Å². The molecule has 0 spiro atoms. The maximum absolute atomic E-state index is 6.42. The van der Waals surface area contributed by atoms with Crippen molar-refractivity contribution in [2.75, 3.05) is 4.90 Å². The quantitative estimate of drug-likeness (QED) is 0.230. The molecular weight excluding hydrogens is 781 g/mol. The van der Waals surface area contributed by atoms with Crippen molar-refractivity contribution in [2.45, 2.75) is 0 Å². The molecule has 0 aliphatic heterocycles. The summed E-state index contributed by atoms with van der Waals surface area (Å²) < 4.78 is 12.8. The van der Waals surface area contributed by atoms with Crippen LogP contribution in [0.4, 0.5) is 17.1 Å². The van der Waals surface area contributed by atoms with Gasteiger partial charge in [-0.25, -0.2) is 0 Å². The van der Waals surface area contributed by atoms with E-state index in [1.165, 1.54) is 110 Å². The molecule has 0 aliphatic rings. The zero-order valence-corrected chi connectivity index (χ0v) is 38.4. The average Bonchev–Trinajstić information content (AvgIpc) is 3.92. The van der Waals surface area contributed by atoms with Crippen LogP contribution in [-0.2, 0) is 0 Å². The predicted octanol–water partition coefficient (Wildman–Crippen LogP) is 1.69. The maximum Gasteiger partial charge on any atom is 0.141 e. The van der Waals surface area contributed by atoms with Gasteiger partial charge in [0, 0.05) is 38.6 Å². The Balaban J connectivity index is 1.12. The molecule has 9 aromatic carbocycles.